The molecule has 0 saturated carbocycles. The summed E-state index contributed by atoms with van der Waals surface area (Å²) in [6.45, 7) is 4.99. The minimum absolute atomic E-state index is 0.0573. The Morgan fingerprint density at radius 1 is 1.57 bits per heavy atom. The summed E-state index contributed by atoms with van der Waals surface area (Å²) in [5, 5.41) is 7.08. The minimum atomic E-state index is 0.0573. The van der Waals surface area contributed by atoms with Crippen molar-refractivity contribution < 1.29 is 9.53 Å². The second-order valence-electron chi connectivity index (χ2n) is 5.93. The van der Waals surface area contributed by atoms with Crippen molar-refractivity contribution in [2.45, 2.75) is 26.2 Å². The number of carbonyl (C=O) groups excluding carboxylic acids is 1. The molecule has 2 heterocycles. The molecule has 0 aromatic carbocycles. The van der Waals surface area contributed by atoms with E-state index >= 15 is 0 Å². The van der Waals surface area contributed by atoms with Crippen LogP contribution in [-0.2, 0) is 4.79 Å². The van der Waals surface area contributed by atoms with Crippen molar-refractivity contribution >= 4 is 29.1 Å². The van der Waals surface area contributed by atoms with Crippen LogP contribution in [0.3, 0.4) is 0 Å². The van der Waals surface area contributed by atoms with Gasteiger partial charge in [-0.25, -0.2) is 4.98 Å². The monoisotopic (exact) mass is 359 g/mol. The van der Waals surface area contributed by atoms with Crippen molar-refractivity contribution in [2.24, 2.45) is 11.8 Å². The highest BCUT2D eigenvalue weighted by molar-refractivity contribution is 6.35. The minimum Gasteiger partial charge on any atom is -0.475 e. The van der Waals surface area contributed by atoms with Crippen LogP contribution in [0.1, 0.15) is 26.2 Å². The summed E-state index contributed by atoms with van der Waals surface area (Å²) in [5.41, 5.74) is 0. The average Bonchev–Trinajstić information content (AvgIpc) is 2.54. The second-order valence-corrected chi connectivity index (χ2v) is 6.77. The maximum atomic E-state index is 12.0. The Balaban J connectivity index is 1.64. The first-order chi connectivity index (χ1) is 11.1. The van der Waals surface area contributed by atoms with Gasteiger partial charge in [0.25, 0.3) is 0 Å². The van der Waals surface area contributed by atoms with Crippen LogP contribution < -0.4 is 15.4 Å². The molecule has 0 bridgehead atoms. The van der Waals surface area contributed by atoms with Gasteiger partial charge < -0.3 is 15.4 Å². The van der Waals surface area contributed by atoms with Crippen LogP contribution in [0.15, 0.2) is 12.3 Å². The Hall–Kier alpha value is -1.04. The van der Waals surface area contributed by atoms with E-state index in [9.17, 15) is 4.79 Å². The van der Waals surface area contributed by atoms with Crippen LogP contribution >= 0.6 is 23.2 Å². The second kappa shape index (κ2) is 9.30. The van der Waals surface area contributed by atoms with E-state index in [2.05, 4.69) is 22.5 Å². The fourth-order valence-corrected chi connectivity index (χ4v) is 3.18. The van der Waals surface area contributed by atoms with Crippen molar-refractivity contribution in [3.8, 4) is 5.88 Å². The number of nitrogens with zero attached hydrogens (tertiary/aromatic N) is 1. The van der Waals surface area contributed by atoms with Gasteiger partial charge in [-0.3, -0.25) is 4.79 Å². The molecule has 5 nitrogen and oxygen atoms in total. The Morgan fingerprint density at radius 3 is 3.09 bits per heavy atom. The highest BCUT2D eigenvalue weighted by atomic mass is 35.5. The first kappa shape index (κ1) is 18.3. The van der Waals surface area contributed by atoms with Gasteiger partial charge in [-0.1, -0.05) is 30.1 Å². The number of hydrogen-bond donors (Lipinski definition) is 2. The van der Waals surface area contributed by atoms with Crippen LogP contribution in [0.25, 0.3) is 0 Å². The predicted octanol–water partition coefficient (Wildman–Crippen LogP) is 2.91. The van der Waals surface area contributed by atoms with Crippen molar-refractivity contribution in [3.05, 3.63) is 22.3 Å². The molecule has 1 fully saturated rings. The van der Waals surface area contributed by atoms with Gasteiger partial charge in [-0.2, -0.15) is 0 Å². The number of halogens is 2. The van der Waals surface area contributed by atoms with Crippen molar-refractivity contribution in [1.82, 2.24) is 15.6 Å². The van der Waals surface area contributed by atoms with E-state index in [4.69, 9.17) is 27.9 Å². The third-order valence-electron chi connectivity index (χ3n) is 4.08. The van der Waals surface area contributed by atoms with Crippen LogP contribution in [0, 0.1) is 11.8 Å². The van der Waals surface area contributed by atoms with E-state index in [1.165, 1.54) is 19.0 Å². The lowest BCUT2D eigenvalue weighted by atomic mass is 9.85. The Kier molecular flexibility index (Phi) is 7.40. The van der Waals surface area contributed by atoms with Crippen LogP contribution in [0.5, 0.6) is 5.88 Å². The first-order valence-corrected chi connectivity index (χ1v) is 8.73. The fraction of sp³-hybridized carbons (Fsp3) is 0.625. The number of pyridine rings is 1. The van der Waals surface area contributed by atoms with Gasteiger partial charge >= 0.3 is 0 Å². The first-order valence-electron chi connectivity index (χ1n) is 7.97. The summed E-state index contributed by atoms with van der Waals surface area (Å²) in [7, 11) is 0. The van der Waals surface area contributed by atoms with Crippen molar-refractivity contribution in [3.63, 3.8) is 0 Å². The van der Waals surface area contributed by atoms with Gasteiger partial charge in [0.15, 0.2) is 0 Å². The van der Waals surface area contributed by atoms with E-state index in [0.717, 1.165) is 13.1 Å². The third kappa shape index (κ3) is 6.16. The smallest absolute Gasteiger partial charge is 0.232 e. The standard InChI is InChI=1S/C16H23Cl2N3O2/c1-11(12-3-2-4-19-9-12)7-15(22)20-5-6-23-16-14(18)8-13(17)10-21-16/h8,10-12,19H,2-7,9H2,1H3,(H,20,22). The van der Waals surface area contributed by atoms with E-state index in [0.29, 0.717) is 47.3 Å². The van der Waals surface area contributed by atoms with Crippen molar-refractivity contribution in [1.29, 1.82) is 0 Å². The molecule has 1 saturated heterocycles. The lowest BCUT2D eigenvalue weighted by molar-refractivity contribution is -0.122. The van der Waals surface area contributed by atoms with E-state index in [1.54, 1.807) is 6.07 Å². The SMILES string of the molecule is CC(CC(=O)NCCOc1ncc(Cl)cc1Cl)C1CCCNC1. The molecule has 128 valence electrons. The molecule has 1 aliphatic heterocycles. The highest BCUT2D eigenvalue weighted by Crippen LogP contribution is 2.24. The number of nitrogens with one attached hydrogen (secondary N) is 2. The van der Waals surface area contributed by atoms with Gasteiger partial charge in [0.2, 0.25) is 11.8 Å². The molecule has 0 spiro atoms. The summed E-state index contributed by atoms with van der Waals surface area (Å²) in [4.78, 5) is 16.0. The predicted molar refractivity (Wildman–Crippen MR) is 92.1 cm³/mol. The summed E-state index contributed by atoms with van der Waals surface area (Å²) in [5.74, 6) is 1.35. The summed E-state index contributed by atoms with van der Waals surface area (Å²) >= 11 is 11.7. The lowest BCUT2D eigenvalue weighted by Crippen LogP contribution is -2.36. The Bertz CT molecular complexity index is 522. The van der Waals surface area contributed by atoms with Crippen LogP contribution in [0.4, 0.5) is 0 Å². The zero-order valence-electron chi connectivity index (χ0n) is 13.3. The molecule has 1 amide bonds. The lowest BCUT2D eigenvalue weighted by Gasteiger charge is -2.28. The molecular weight excluding hydrogens is 337 g/mol. The molecule has 2 N–H and O–H groups in total. The third-order valence-corrected chi connectivity index (χ3v) is 4.56. The number of piperidine rings is 1. The molecule has 0 radical (unpaired) electrons. The molecule has 2 unspecified atom stereocenters. The zero-order valence-corrected chi connectivity index (χ0v) is 14.8. The largest absolute Gasteiger partial charge is 0.475 e. The maximum Gasteiger partial charge on any atom is 0.232 e. The molecule has 1 aromatic heterocycles. The van der Waals surface area contributed by atoms with E-state index < -0.39 is 0 Å². The van der Waals surface area contributed by atoms with Crippen LogP contribution in [-0.4, -0.2) is 37.1 Å². The summed E-state index contributed by atoms with van der Waals surface area (Å²) in [6.07, 6.45) is 4.41. The molecule has 1 aliphatic rings. The normalized spacial score (nSPS) is 19.2. The Labute approximate surface area is 147 Å². The quantitative estimate of drug-likeness (QED) is 0.734. The number of ether oxygens (including phenoxy) is 1. The van der Waals surface area contributed by atoms with Gasteiger partial charge in [-0.15, -0.1) is 0 Å². The van der Waals surface area contributed by atoms with Gasteiger partial charge in [0, 0.05) is 12.6 Å². The molecular formula is C16H23Cl2N3O2. The molecule has 0 aliphatic carbocycles. The van der Waals surface area contributed by atoms with Gasteiger partial charge in [-0.05, 0) is 43.8 Å². The number of aromatic nitrogens is 1. The maximum absolute atomic E-state index is 12.0. The fourth-order valence-electron chi connectivity index (χ4n) is 2.74. The van der Waals surface area contributed by atoms with Crippen LogP contribution in [0.2, 0.25) is 10.0 Å². The zero-order chi connectivity index (χ0) is 16.7. The Morgan fingerprint density at radius 2 is 2.39 bits per heavy atom. The number of hydrogen-bond acceptors (Lipinski definition) is 4. The van der Waals surface area contributed by atoms with Crippen molar-refractivity contribution in [2.75, 3.05) is 26.2 Å². The number of carbonyl (C=O) groups is 1. The highest BCUT2D eigenvalue weighted by Gasteiger charge is 2.21. The molecule has 23 heavy (non-hydrogen) atoms. The number of amides is 1. The summed E-state index contributed by atoms with van der Waals surface area (Å²) in [6, 6.07) is 1.57. The summed E-state index contributed by atoms with van der Waals surface area (Å²) < 4.78 is 5.44. The topological polar surface area (TPSA) is 63.2 Å². The molecule has 7 heteroatoms. The van der Waals surface area contributed by atoms with Gasteiger partial charge in [0.1, 0.15) is 11.6 Å². The van der Waals surface area contributed by atoms with E-state index in [1.807, 2.05) is 0 Å². The van der Waals surface area contributed by atoms with Gasteiger partial charge in [0.05, 0.1) is 11.6 Å². The molecule has 2 rings (SSSR count). The number of rotatable bonds is 7. The average molecular weight is 360 g/mol. The molecule has 1 aromatic rings. The van der Waals surface area contributed by atoms with E-state index in [-0.39, 0.29) is 5.91 Å². The molecule has 2 atom stereocenters.